The molecule has 1 aromatic rings. The zero-order valence-corrected chi connectivity index (χ0v) is 9.94. The lowest BCUT2D eigenvalue weighted by atomic mass is 10.1. The normalized spacial score (nSPS) is 29.2. The van der Waals surface area contributed by atoms with Crippen molar-refractivity contribution < 1.29 is 4.74 Å². The number of aromatic nitrogens is 2. The molecule has 1 N–H and O–H groups in total. The van der Waals surface area contributed by atoms with Crippen molar-refractivity contribution in [3.05, 3.63) is 18.0 Å². The maximum atomic E-state index is 6.06. The number of nitrogens with one attached hydrogen (secondary N) is 1. The first-order chi connectivity index (χ1) is 7.64. The van der Waals surface area contributed by atoms with Gasteiger partial charge in [-0.05, 0) is 26.7 Å². The van der Waals surface area contributed by atoms with Crippen molar-refractivity contribution in [2.75, 3.05) is 13.1 Å². The predicted octanol–water partition coefficient (Wildman–Crippen LogP) is 1.66. The van der Waals surface area contributed by atoms with Crippen molar-refractivity contribution in [2.24, 2.45) is 0 Å². The van der Waals surface area contributed by atoms with Crippen molar-refractivity contribution in [3.8, 4) is 0 Å². The Morgan fingerprint density at radius 3 is 3.00 bits per heavy atom. The minimum Gasteiger partial charge on any atom is -0.365 e. The first kappa shape index (κ1) is 10.3. The van der Waals surface area contributed by atoms with Crippen molar-refractivity contribution in [1.29, 1.82) is 0 Å². The third-order valence-corrected chi connectivity index (χ3v) is 3.26. The van der Waals surface area contributed by atoms with Gasteiger partial charge < -0.3 is 10.1 Å². The number of morpholine rings is 1. The maximum absolute atomic E-state index is 6.06. The van der Waals surface area contributed by atoms with E-state index in [1.54, 1.807) is 0 Å². The Morgan fingerprint density at radius 1 is 1.50 bits per heavy atom. The molecule has 0 radical (unpaired) electrons. The van der Waals surface area contributed by atoms with E-state index in [9.17, 15) is 0 Å². The molecule has 1 aliphatic heterocycles. The highest BCUT2D eigenvalue weighted by Crippen LogP contribution is 2.35. The molecule has 1 aliphatic carbocycles. The summed E-state index contributed by atoms with van der Waals surface area (Å²) in [4.78, 5) is 0. The van der Waals surface area contributed by atoms with Gasteiger partial charge in [0.1, 0.15) is 0 Å². The molecule has 1 aromatic heterocycles. The van der Waals surface area contributed by atoms with Crippen LogP contribution in [0.5, 0.6) is 0 Å². The monoisotopic (exact) mass is 221 g/mol. The molecule has 0 amide bonds. The summed E-state index contributed by atoms with van der Waals surface area (Å²) in [6.45, 7) is 6.05. The van der Waals surface area contributed by atoms with Crippen LogP contribution in [0, 0.1) is 0 Å². The quantitative estimate of drug-likeness (QED) is 0.825. The Morgan fingerprint density at radius 2 is 2.31 bits per heavy atom. The van der Waals surface area contributed by atoms with Crippen LogP contribution in [0.15, 0.2) is 12.4 Å². The highest BCUT2D eigenvalue weighted by Gasteiger charge is 2.31. The molecule has 1 saturated heterocycles. The standard InChI is InChI=1S/C12H19N3O/c1-12(2)8-13-6-11(16-12)9-5-14-15(7-9)10-3-4-10/h5,7,10-11,13H,3-4,6,8H2,1-2H3. The summed E-state index contributed by atoms with van der Waals surface area (Å²) in [5.74, 6) is 0. The van der Waals surface area contributed by atoms with Crippen molar-refractivity contribution in [1.82, 2.24) is 15.1 Å². The van der Waals surface area contributed by atoms with E-state index in [2.05, 4.69) is 35.1 Å². The second-order valence-corrected chi connectivity index (χ2v) is 5.48. The van der Waals surface area contributed by atoms with Crippen molar-refractivity contribution in [3.63, 3.8) is 0 Å². The Hall–Kier alpha value is -0.870. The van der Waals surface area contributed by atoms with Gasteiger partial charge in [0, 0.05) is 24.8 Å². The fraction of sp³-hybridized carbons (Fsp3) is 0.750. The highest BCUT2D eigenvalue weighted by atomic mass is 16.5. The van der Waals surface area contributed by atoms with Crippen LogP contribution in [0.2, 0.25) is 0 Å². The fourth-order valence-electron chi connectivity index (χ4n) is 2.22. The summed E-state index contributed by atoms with van der Waals surface area (Å²) in [7, 11) is 0. The van der Waals surface area contributed by atoms with Gasteiger partial charge in [-0.3, -0.25) is 4.68 Å². The summed E-state index contributed by atoms with van der Waals surface area (Å²) in [6, 6.07) is 0.651. The lowest BCUT2D eigenvalue weighted by molar-refractivity contribution is -0.0959. The van der Waals surface area contributed by atoms with E-state index >= 15 is 0 Å². The SMILES string of the molecule is CC1(C)CNCC(c2cnn(C3CC3)c2)O1. The molecule has 16 heavy (non-hydrogen) atoms. The number of rotatable bonds is 2. The molecule has 2 fully saturated rings. The van der Waals surface area contributed by atoms with Gasteiger partial charge in [0.25, 0.3) is 0 Å². The smallest absolute Gasteiger partial charge is 0.0987 e. The average Bonchev–Trinajstić information content (AvgIpc) is 2.95. The van der Waals surface area contributed by atoms with E-state index < -0.39 is 0 Å². The molecule has 0 spiro atoms. The average molecular weight is 221 g/mol. The van der Waals surface area contributed by atoms with Crippen LogP contribution in [-0.2, 0) is 4.74 Å². The lowest BCUT2D eigenvalue weighted by Gasteiger charge is -2.36. The Labute approximate surface area is 96.0 Å². The van der Waals surface area contributed by atoms with Gasteiger partial charge in [-0.1, -0.05) is 0 Å². The van der Waals surface area contributed by atoms with Gasteiger partial charge in [0.05, 0.1) is 23.9 Å². The van der Waals surface area contributed by atoms with E-state index in [0.717, 1.165) is 13.1 Å². The molecule has 3 rings (SSSR count). The summed E-state index contributed by atoms with van der Waals surface area (Å²) in [6.07, 6.45) is 6.79. The molecule has 88 valence electrons. The molecule has 2 heterocycles. The lowest BCUT2D eigenvalue weighted by Crippen LogP contribution is -2.46. The first-order valence-electron chi connectivity index (χ1n) is 6.07. The summed E-state index contributed by atoms with van der Waals surface area (Å²) < 4.78 is 8.14. The van der Waals surface area contributed by atoms with Crippen LogP contribution in [0.4, 0.5) is 0 Å². The maximum Gasteiger partial charge on any atom is 0.0987 e. The van der Waals surface area contributed by atoms with E-state index in [1.807, 2.05) is 6.20 Å². The van der Waals surface area contributed by atoms with Crippen LogP contribution in [0.1, 0.15) is 44.4 Å². The Bertz CT molecular complexity index is 381. The Balaban J connectivity index is 1.75. The first-order valence-corrected chi connectivity index (χ1v) is 6.07. The molecule has 1 unspecified atom stereocenters. The molecular formula is C12H19N3O. The molecule has 0 bridgehead atoms. The van der Waals surface area contributed by atoms with Gasteiger partial charge >= 0.3 is 0 Å². The third kappa shape index (κ3) is 1.99. The minimum atomic E-state index is -0.0788. The zero-order valence-electron chi connectivity index (χ0n) is 9.94. The zero-order chi connectivity index (χ0) is 11.2. The van der Waals surface area contributed by atoms with Gasteiger partial charge in [0.15, 0.2) is 0 Å². The summed E-state index contributed by atoms with van der Waals surface area (Å²) >= 11 is 0. The Kier molecular flexibility index (Phi) is 2.30. The molecule has 0 aromatic carbocycles. The van der Waals surface area contributed by atoms with Crippen molar-refractivity contribution in [2.45, 2.75) is 44.4 Å². The number of ether oxygens (including phenoxy) is 1. The van der Waals surface area contributed by atoms with Gasteiger partial charge in [-0.2, -0.15) is 5.10 Å². The van der Waals surface area contributed by atoms with Crippen molar-refractivity contribution >= 4 is 0 Å². The topological polar surface area (TPSA) is 39.1 Å². The predicted molar refractivity (Wildman–Crippen MR) is 61.3 cm³/mol. The molecule has 4 nitrogen and oxygen atoms in total. The molecule has 1 atom stereocenters. The summed E-state index contributed by atoms with van der Waals surface area (Å²) in [5.41, 5.74) is 1.12. The number of nitrogens with zero attached hydrogens (tertiary/aromatic N) is 2. The number of hydrogen-bond acceptors (Lipinski definition) is 3. The largest absolute Gasteiger partial charge is 0.365 e. The van der Waals surface area contributed by atoms with Gasteiger partial charge in [-0.15, -0.1) is 0 Å². The minimum absolute atomic E-state index is 0.0788. The van der Waals surface area contributed by atoms with Crippen LogP contribution >= 0.6 is 0 Å². The molecular weight excluding hydrogens is 202 g/mol. The third-order valence-electron chi connectivity index (χ3n) is 3.26. The second kappa shape index (κ2) is 3.57. The molecule has 2 aliphatic rings. The van der Waals surface area contributed by atoms with E-state index in [-0.39, 0.29) is 11.7 Å². The molecule has 4 heteroatoms. The van der Waals surface area contributed by atoms with Crippen LogP contribution in [0.25, 0.3) is 0 Å². The summed E-state index contributed by atoms with van der Waals surface area (Å²) in [5, 5.41) is 7.83. The van der Waals surface area contributed by atoms with E-state index in [1.165, 1.54) is 18.4 Å². The van der Waals surface area contributed by atoms with E-state index in [4.69, 9.17) is 4.74 Å². The highest BCUT2D eigenvalue weighted by molar-refractivity contribution is 5.11. The van der Waals surface area contributed by atoms with Crippen LogP contribution in [-0.4, -0.2) is 28.5 Å². The second-order valence-electron chi connectivity index (χ2n) is 5.48. The molecule has 1 saturated carbocycles. The van der Waals surface area contributed by atoms with Gasteiger partial charge in [-0.25, -0.2) is 0 Å². The van der Waals surface area contributed by atoms with Crippen LogP contribution < -0.4 is 5.32 Å². The number of hydrogen-bond donors (Lipinski definition) is 1. The van der Waals surface area contributed by atoms with E-state index in [0.29, 0.717) is 6.04 Å². The van der Waals surface area contributed by atoms with Gasteiger partial charge in [0.2, 0.25) is 0 Å². The fourth-order valence-corrected chi connectivity index (χ4v) is 2.22. The van der Waals surface area contributed by atoms with Crippen LogP contribution in [0.3, 0.4) is 0 Å².